The third-order valence-electron chi connectivity index (χ3n) is 3.85. The van der Waals surface area contributed by atoms with E-state index in [0.717, 1.165) is 25.7 Å². The molecule has 7 heteroatoms. The minimum Gasteiger partial charge on any atom is -0.501 e. The predicted octanol–water partition coefficient (Wildman–Crippen LogP) is 4.14. The Hall–Kier alpha value is -1.79. The van der Waals surface area contributed by atoms with Crippen LogP contribution in [0.5, 0.6) is 0 Å². The van der Waals surface area contributed by atoms with Gasteiger partial charge in [-0.1, -0.05) is 25.8 Å². The Labute approximate surface area is 156 Å². The fraction of sp³-hybridized carbons (Fsp3) is 0.789. The van der Waals surface area contributed by atoms with Gasteiger partial charge in [-0.2, -0.15) is 0 Å². The van der Waals surface area contributed by atoms with Gasteiger partial charge in [0.25, 0.3) is 0 Å². The number of hydrogen-bond acceptors (Lipinski definition) is 5. The van der Waals surface area contributed by atoms with Gasteiger partial charge in [0.2, 0.25) is 0 Å². The topological polar surface area (TPSA) is 73.9 Å². The molecule has 1 N–H and O–H groups in total. The Morgan fingerprint density at radius 3 is 2.19 bits per heavy atom. The summed E-state index contributed by atoms with van der Waals surface area (Å²) in [7, 11) is 2.79. The molecule has 0 saturated heterocycles. The largest absolute Gasteiger partial charge is 0.501 e. The maximum atomic E-state index is 12.2. The molecule has 0 aliphatic rings. The number of hydrogen-bond donors (Lipinski definition) is 1. The van der Waals surface area contributed by atoms with Crippen molar-refractivity contribution >= 4 is 12.1 Å². The number of amides is 1. The SMILES string of the molecule is C=C(OC)[C@@H](CCCCCCF)C[C@H](NC(=O)OC(C)(C)C)C(=O)OC. The zero-order valence-corrected chi connectivity index (χ0v) is 16.7. The minimum atomic E-state index is -0.863. The van der Waals surface area contributed by atoms with E-state index in [4.69, 9.17) is 14.2 Å². The van der Waals surface area contributed by atoms with Crippen molar-refractivity contribution in [1.82, 2.24) is 5.32 Å². The molecule has 2 atom stereocenters. The summed E-state index contributed by atoms with van der Waals surface area (Å²) in [5.41, 5.74) is -0.670. The van der Waals surface area contributed by atoms with E-state index in [2.05, 4.69) is 11.9 Å². The van der Waals surface area contributed by atoms with Crippen molar-refractivity contribution in [3.05, 3.63) is 12.3 Å². The van der Waals surface area contributed by atoms with Gasteiger partial charge in [0.1, 0.15) is 11.6 Å². The quantitative estimate of drug-likeness (QED) is 0.315. The third-order valence-corrected chi connectivity index (χ3v) is 3.85. The van der Waals surface area contributed by atoms with Gasteiger partial charge in [-0.25, -0.2) is 9.59 Å². The number of unbranched alkanes of at least 4 members (excludes halogenated alkanes) is 3. The molecule has 0 bridgehead atoms. The Morgan fingerprint density at radius 2 is 1.69 bits per heavy atom. The molecule has 1 amide bonds. The summed E-state index contributed by atoms with van der Waals surface area (Å²) in [6.07, 6.45) is 3.45. The molecule has 0 aliphatic heterocycles. The second-order valence-electron chi connectivity index (χ2n) is 7.22. The lowest BCUT2D eigenvalue weighted by Crippen LogP contribution is -2.45. The van der Waals surface area contributed by atoms with Crippen LogP contribution in [0.4, 0.5) is 9.18 Å². The van der Waals surface area contributed by atoms with Gasteiger partial charge in [0.05, 0.1) is 26.7 Å². The van der Waals surface area contributed by atoms with Gasteiger partial charge < -0.3 is 19.5 Å². The van der Waals surface area contributed by atoms with Gasteiger partial charge in [-0.3, -0.25) is 4.39 Å². The van der Waals surface area contributed by atoms with Crippen molar-refractivity contribution in [3.8, 4) is 0 Å². The van der Waals surface area contributed by atoms with Crippen LogP contribution in [0, 0.1) is 5.92 Å². The van der Waals surface area contributed by atoms with E-state index in [0.29, 0.717) is 18.6 Å². The fourth-order valence-corrected chi connectivity index (χ4v) is 2.51. The first-order valence-electron chi connectivity index (χ1n) is 9.00. The average Bonchev–Trinajstić information content (AvgIpc) is 2.56. The smallest absolute Gasteiger partial charge is 0.408 e. The molecule has 0 unspecified atom stereocenters. The van der Waals surface area contributed by atoms with Crippen molar-refractivity contribution < 1.29 is 28.2 Å². The second-order valence-corrected chi connectivity index (χ2v) is 7.22. The number of esters is 1. The van der Waals surface area contributed by atoms with E-state index >= 15 is 0 Å². The molecule has 0 aromatic carbocycles. The van der Waals surface area contributed by atoms with Crippen molar-refractivity contribution in [2.45, 2.75) is 70.9 Å². The number of carbonyl (C=O) groups is 2. The standard InChI is InChI=1S/C19H34FNO5/c1-14(24-5)15(11-9-7-8-10-12-20)13-16(17(22)25-6)21-18(23)26-19(2,3)4/h15-16H,1,7-13H2,2-6H3,(H,21,23)/t15-,16-/m0/s1. The van der Waals surface area contributed by atoms with Gasteiger partial charge in [0.15, 0.2) is 0 Å². The molecule has 0 aliphatic carbocycles. The summed E-state index contributed by atoms with van der Waals surface area (Å²) in [5, 5.41) is 2.56. The van der Waals surface area contributed by atoms with E-state index in [1.54, 1.807) is 20.8 Å². The number of alkyl carbamates (subject to hydrolysis) is 1. The first-order chi connectivity index (χ1) is 12.1. The molecule has 0 aromatic rings. The number of methoxy groups -OCH3 is 2. The molecule has 26 heavy (non-hydrogen) atoms. The number of rotatable bonds is 12. The molecule has 6 nitrogen and oxygen atoms in total. The van der Waals surface area contributed by atoms with E-state index < -0.39 is 23.7 Å². The summed E-state index contributed by atoms with van der Waals surface area (Å²) < 4.78 is 27.4. The fourth-order valence-electron chi connectivity index (χ4n) is 2.51. The molecule has 0 radical (unpaired) electrons. The molecule has 0 spiro atoms. The summed E-state index contributed by atoms with van der Waals surface area (Å²) in [6, 6.07) is -0.863. The Balaban J connectivity index is 4.88. The average molecular weight is 375 g/mol. The molecule has 0 heterocycles. The van der Waals surface area contributed by atoms with Gasteiger partial charge in [-0.05, 0) is 40.0 Å². The highest BCUT2D eigenvalue weighted by Gasteiger charge is 2.29. The minimum absolute atomic E-state index is 0.135. The first-order valence-corrected chi connectivity index (χ1v) is 9.00. The Kier molecular flexibility index (Phi) is 11.7. The summed E-state index contributed by atoms with van der Waals surface area (Å²) >= 11 is 0. The van der Waals surface area contributed by atoms with Crippen LogP contribution in [0.3, 0.4) is 0 Å². The molecule has 0 rings (SSSR count). The van der Waals surface area contributed by atoms with Crippen LogP contribution in [0.25, 0.3) is 0 Å². The van der Waals surface area contributed by atoms with Crippen LogP contribution >= 0.6 is 0 Å². The summed E-state index contributed by atoms with van der Waals surface area (Å²) in [5.74, 6) is -0.151. The van der Waals surface area contributed by atoms with Crippen molar-refractivity contribution in [2.75, 3.05) is 20.9 Å². The lowest BCUT2D eigenvalue weighted by atomic mass is 9.92. The molecular formula is C19H34FNO5. The molecule has 0 fully saturated rings. The number of ether oxygens (including phenoxy) is 3. The van der Waals surface area contributed by atoms with E-state index in [1.165, 1.54) is 14.2 Å². The lowest BCUT2D eigenvalue weighted by Gasteiger charge is -2.26. The highest BCUT2D eigenvalue weighted by molar-refractivity contribution is 5.81. The van der Waals surface area contributed by atoms with Gasteiger partial charge in [-0.15, -0.1) is 0 Å². The molecule has 0 aromatic heterocycles. The van der Waals surface area contributed by atoms with Crippen molar-refractivity contribution in [1.29, 1.82) is 0 Å². The van der Waals surface area contributed by atoms with Crippen LogP contribution in [-0.4, -0.2) is 44.6 Å². The highest BCUT2D eigenvalue weighted by atomic mass is 19.1. The first kappa shape index (κ1) is 24.2. The van der Waals surface area contributed by atoms with E-state index in [1.807, 2.05) is 0 Å². The number of carbonyl (C=O) groups excluding carboxylic acids is 2. The van der Waals surface area contributed by atoms with Crippen LogP contribution in [0.2, 0.25) is 0 Å². The van der Waals surface area contributed by atoms with Crippen molar-refractivity contribution in [2.24, 2.45) is 5.92 Å². The van der Waals surface area contributed by atoms with Gasteiger partial charge in [0, 0.05) is 5.92 Å². The molecule has 0 saturated carbocycles. The highest BCUT2D eigenvalue weighted by Crippen LogP contribution is 2.24. The third kappa shape index (κ3) is 10.9. The second kappa shape index (κ2) is 12.5. The van der Waals surface area contributed by atoms with Crippen molar-refractivity contribution in [3.63, 3.8) is 0 Å². The monoisotopic (exact) mass is 375 g/mol. The molecule has 152 valence electrons. The zero-order chi connectivity index (χ0) is 20.2. The maximum Gasteiger partial charge on any atom is 0.408 e. The Morgan fingerprint density at radius 1 is 1.08 bits per heavy atom. The summed E-state index contributed by atoms with van der Waals surface area (Å²) in [6.45, 7) is 8.81. The van der Waals surface area contributed by atoms with Crippen LogP contribution in [0.1, 0.15) is 59.3 Å². The van der Waals surface area contributed by atoms with E-state index in [9.17, 15) is 14.0 Å². The van der Waals surface area contributed by atoms with Crippen LogP contribution < -0.4 is 5.32 Å². The van der Waals surface area contributed by atoms with Crippen LogP contribution in [-0.2, 0) is 19.0 Å². The van der Waals surface area contributed by atoms with Crippen LogP contribution in [0.15, 0.2) is 12.3 Å². The zero-order valence-electron chi connectivity index (χ0n) is 16.7. The number of halogens is 1. The molecular weight excluding hydrogens is 341 g/mol. The Bertz CT molecular complexity index is 448. The maximum absolute atomic E-state index is 12.2. The van der Waals surface area contributed by atoms with Gasteiger partial charge >= 0.3 is 12.1 Å². The lowest BCUT2D eigenvalue weighted by molar-refractivity contribution is -0.143. The number of allylic oxidation sites excluding steroid dienone is 1. The number of nitrogens with one attached hydrogen (secondary N) is 1. The number of alkyl halides is 1. The normalized spacial score (nSPS) is 13.5. The summed E-state index contributed by atoms with van der Waals surface area (Å²) in [4.78, 5) is 24.1. The van der Waals surface area contributed by atoms with E-state index in [-0.39, 0.29) is 12.6 Å². The predicted molar refractivity (Wildman–Crippen MR) is 98.5 cm³/mol.